The molecule has 0 bridgehead atoms. The summed E-state index contributed by atoms with van der Waals surface area (Å²) in [5.41, 5.74) is 0.354. The number of halogens is 1. The summed E-state index contributed by atoms with van der Waals surface area (Å²) in [5, 5.41) is 26.6. The normalized spacial score (nSPS) is 35.4. The van der Waals surface area contributed by atoms with E-state index in [1.54, 1.807) is 6.07 Å². The van der Waals surface area contributed by atoms with Crippen LogP contribution in [-0.4, -0.2) is 71.9 Å². The smallest absolute Gasteiger partial charge is 0.223 e. The van der Waals surface area contributed by atoms with Gasteiger partial charge in [0.2, 0.25) is 5.91 Å². The molecule has 1 aromatic heterocycles. The molecule has 2 aliphatic carbocycles. The molecule has 10 heteroatoms. The molecule has 3 N–H and O–H groups in total. The van der Waals surface area contributed by atoms with Crippen molar-refractivity contribution in [1.82, 2.24) is 10.3 Å². The van der Waals surface area contributed by atoms with E-state index in [0.29, 0.717) is 35.8 Å². The first-order valence-corrected chi connectivity index (χ1v) is 19.2. The van der Waals surface area contributed by atoms with Crippen molar-refractivity contribution in [3.63, 3.8) is 0 Å². The lowest BCUT2D eigenvalue weighted by molar-refractivity contribution is -0.321. The van der Waals surface area contributed by atoms with Crippen molar-refractivity contribution in [2.75, 3.05) is 20.3 Å². The predicted octanol–water partition coefficient (Wildman–Crippen LogP) is 6.25. The van der Waals surface area contributed by atoms with Gasteiger partial charge >= 0.3 is 0 Å². The molecule has 14 unspecified atom stereocenters. The van der Waals surface area contributed by atoms with E-state index in [-0.39, 0.29) is 67.3 Å². The average Bonchev–Trinajstić information content (AvgIpc) is 3.39. The SMILES string of the molecule is COOC1CC2CCCC(C(C)C(O)CC(CC(O)C(C)C3CCCC4CCC(C)OCC43)C(=O)NCc3ccncc3F)C2COC1C. The zero-order chi connectivity index (χ0) is 35.1. The van der Waals surface area contributed by atoms with Gasteiger partial charge in [0, 0.05) is 24.2 Å². The van der Waals surface area contributed by atoms with Crippen LogP contribution in [0.3, 0.4) is 0 Å². The number of hydrogen-bond acceptors (Lipinski definition) is 8. The summed E-state index contributed by atoms with van der Waals surface area (Å²) in [6, 6.07) is 1.56. The minimum absolute atomic E-state index is 0.0150. The second kappa shape index (κ2) is 18.2. The van der Waals surface area contributed by atoms with E-state index in [1.807, 2.05) is 6.92 Å². The number of aliphatic hydroxyl groups is 2. The van der Waals surface area contributed by atoms with Crippen LogP contribution in [0.25, 0.3) is 0 Å². The maximum absolute atomic E-state index is 14.4. The highest BCUT2D eigenvalue weighted by atomic mass is 19.1. The first-order valence-electron chi connectivity index (χ1n) is 19.2. The number of carbonyl (C=O) groups is 1. The average molecular weight is 691 g/mol. The molecule has 4 aliphatic rings. The van der Waals surface area contributed by atoms with Crippen LogP contribution < -0.4 is 5.32 Å². The number of hydrogen-bond donors (Lipinski definition) is 3. The van der Waals surface area contributed by atoms with E-state index in [2.05, 4.69) is 31.1 Å². The summed E-state index contributed by atoms with van der Waals surface area (Å²) < 4.78 is 26.9. The third kappa shape index (κ3) is 9.80. The molecule has 2 saturated heterocycles. The summed E-state index contributed by atoms with van der Waals surface area (Å²) in [5.74, 6) is 0.806. The fraction of sp³-hybridized carbons (Fsp3) is 0.846. The summed E-state index contributed by atoms with van der Waals surface area (Å²) in [7, 11) is 1.53. The molecule has 1 amide bonds. The molecule has 5 rings (SSSR count). The number of fused-ring (bicyclic) bond motifs is 2. The highest BCUT2D eigenvalue weighted by Crippen LogP contribution is 2.47. The number of amides is 1. The van der Waals surface area contributed by atoms with Crippen molar-refractivity contribution in [2.45, 2.75) is 135 Å². The molecular formula is C39H63FN2O7. The molecule has 14 atom stereocenters. The summed E-state index contributed by atoms with van der Waals surface area (Å²) in [4.78, 5) is 28.3. The Balaban J connectivity index is 1.28. The second-order valence-corrected chi connectivity index (χ2v) is 16.0. The van der Waals surface area contributed by atoms with E-state index in [1.165, 1.54) is 26.1 Å². The van der Waals surface area contributed by atoms with Gasteiger partial charge in [0.05, 0.1) is 50.9 Å². The minimum atomic E-state index is -0.748. The van der Waals surface area contributed by atoms with Crippen LogP contribution in [0.1, 0.15) is 104 Å². The number of aromatic nitrogens is 1. The van der Waals surface area contributed by atoms with E-state index in [0.717, 1.165) is 57.7 Å². The molecule has 2 saturated carbocycles. The van der Waals surface area contributed by atoms with Crippen LogP contribution in [0.15, 0.2) is 18.5 Å². The van der Waals surface area contributed by atoms with Gasteiger partial charge in [-0.15, -0.1) is 0 Å². The number of pyridine rings is 1. The Kier molecular flexibility index (Phi) is 14.3. The van der Waals surface area contributed by atoms with Crippen molar-refractivity contribution >= 4 is 5.91 Å². The maximum Gasteiger partial charge on any atom is 0.223 e. The van der Waals surface area contributed by atoms with Crippen LogP contribution in [0.5, 0.6) is 0 Å². The fourth-order valence-corrected chi connectivity index (χ4v) is 9.94. The molecule has 4 fully saturated rings. The number of nitrogens with zero attached hydrogens (tertiary/aromatic N) is 1. The molecule has 0 radical (unpaired) electrons. The minimum Gasteiger partial charge on any atom is -0.393 e. The molecule has 0 aromatic carbocycles. The standard InChI is InChI=1S/C39H63FN2O7/c1-23-12-13-27-8-6-10-31(33(27)21-47-23)24(2)36(43)16-30(39(45)42-19-29-14-15-41-20-35(29)40)17-37(44)25(3)32-11-7-9-28-18-38(49-46-5)26(4)48-22-34(28)32/h14-15,20,23-28,30-34,36-38,43-44H,6-13,16-19,21-22H2,1-5H3,(H,42,45). The largest absolute Gasteiger partial charge is 0.393 e. The third-order valence-electron chi connectivity index (χ3n) is 13.2. The lowest BCUT2D eigenvalue weighted by Gasteiger charge is -2.43. The lowest BCUT2D eigenvalue weighted by Crippen LogP contribution is -2.43. The molecular weight excluding hydrogens is 627 g/mol. The topological polar surface area (TPSA) is 119 Å². The highest BCUT2D eigenvalue weighted by molar-refractivity contribution is 5.78. The molecule has 9 nitrogen and oxygen atoms in total. The van der Waals surface area contributed by atoms with Crippen LogP contribution >= 0.6 is 0 Å². The van der Waals surface area contributed by atoms with Crippen molar-refractivity contribution in [3.05, 3.63) is 29.8 Å². The van der Waals surface area contributed by atoms with E-state index >= 15 is 0 Å². The van der Waals surface area contributed by atoms with Crippen LogP contribution in [-0.2, 0) is 30.6 Å². The van der Waals surface area contributed by atoms with Gasteiger partial charge in [-0.05, 0) is 119 Å². The van der Waals surface area contributed by atoms with Gasteiger partial charge in [0.1, 0.15) is 11.9 Å². The second-order valence-electron chi connectivity index (χ2n) is 16.0. The van der Waals surface area contributed by atoms with Gasteiger partial charge in [-0.2, -0.15) is 0 Å². The number of nitrogens with one attached hydrogen (secondary N) is 1. The Morgan fingerprint density at radius 2 is 1.59 bits per heavy atom. The van der Waals surface area contributed by atoms with Gasteiger partial charge in [-0.3, -0.25) is 9.78 Å². The highest BCUT2D eigenvalue weighted by Gasteiger charge is 2.44. The number of aliphatic hydroxyl groups excluding tert-OH is 2. The third-order valence-corrected chi connectivity index (χ3v) is 13.2. The number of ether oxygens (including phenoxy) is 2. The Morgan fingerprint density at radius 3 is 2.24 bits per heavy atom. The van der Waals surface area contributed by atoms with Gasteiger partial charge < -0.3 is 25.0 Å². The zero-order valence-electron chi connectivity index (χ0n) is 30.5. The van der Waals surface area contributed by atoms with E-state index in [9.17, 15) is 19.4 Å². The monoisotopic (exact) mass is 690 g/mol. The predicted molar refractivity (Wildman–Crippen MR) is 184 cm³/mol. The molecule has 49 heavy (non-hydrogen) atoms. The molecule has 2 aliphatic heterocycles. The fourth-order valence-electron chi connectivity index (χ4n) is 9.94. The van der Waals surface area contributed by atoms with Crippen molar-refractivity contribution in [3.8, 4) is 0 Å². The van der Waals surface area contributed by atoms with Crippen molar-refractivity contribution in [2.24, 2.45) is 53.3 Å². The number of carbonyl (C=O) groups excluding carboxylic acids is 1. The molecule has 0 spiro atoms. The first kappa shape index (κ1) is 38.5. The first-order chi connectivity index (χ1) is 23.6. The number of rotatable bonds is 13. The van der Waals surface area contributed by atoms with Crippen molar-refractivity contribution in [1.29, 1.82) is 0 Å². The van der Waals surface area contributed by atoms with Crippen LogP contribution in [0, 0.1) is 59.1 Å². The Morgan fingerprint density at radius 1 is 0.959 bits per heavy atom. The Bertz CT molecular complexity index is 1180. The van der Waals surface area contributed by atoms with Gasteiger partial charge in [0.25, 0.3) is 0 Å². The van der Waals surface area contributed by atoms with Crippen LogP contribution in [0.2, 0.25) is 0 Å². The lowest BCUT2D eigenvalue weighted by atomic mass is 9.64. The Hall–Kier alpha value is -1.69. The summed E-state index contributed by atoms with van der Waals surface area (Å²) in [6.45, 7) is 9.78. The Labute approximate surface area is 293 Å². The van der Waals surface area contributed by atoms with Crippen LogP contribution in [0.4, 0.5) is 4.39 Å². The summed E-state index contributed by atoms with van der Waals surface area (Å²) >= 11 is 0. The van der Waals surface area contributed by atoms with Gasteiger partial charge in [-0.25, -0.2) is 14.2 Å². The molecule has 278 valence electrons. The zero-order valence-corrected chi connectivity index (χ0v) is 30.5. The van der Waals surface area contributed by atoms with E-state index < -0.39 is 23.9 Å². The molecule has 3 heterocycles. The van der Waals surface area contributed by atoms with Gasteiger partial charge in [0.15, 0.2) is 0 Å². The maximum atomic E-state index is 14.4. The summed E-state index contributed by atoms with van der Waals surface area (Å²) in [6.07, 6.45) is 11.4. The van der Waals surface area contributed by atoms with Gasteiger partial charge in [-0.1, -0.05) is 33.1 Å². The van der Waals surface area contributed by atoms with E-state index in [4.69, 9.17) is 19.2 Å². The quantitative estimate of drug-likeness (QED) is 0.164. The van der Waals surface area contributed by atoms with Crippen molar-refractivity contribution < 1.29 is 38.6 Å². The molecule has 1 aromatic rings.